The number of carbonyl (C=O) groups is 9. The van der Waals surface area contributed by atoms with E-state index in [-0.39, 0.29) is 128 Å². The van der Waals surface area contributed by atoms with Gasteiger partial charge in [-0.15, -0.1) is 0 Å². The van der Waals surface area contributed by atoms with Gasteiger partial charge >= 0.3 is 6.01 Å². The summed E-state index contributed by atoms with van der Waals surface area (Å²) < 4.78 is 53.0. The Hall–Kier alpha value is -13.2. The lowest BCUT2D eigenvalue weighted by Crippen LogP contribution is -2.37. The predicted octanol–water partition coefficient (Wildman–Crippen LogP) is 3.06. The molecule has 9 aromatic heterocycles. The largest absolute Gasteiger partial charge is 0.491 e. The van der Waals surface area contributed by atoms with Crippen molar-refractivity contribution in [2.45, 2.75) is 64.5 Å². The third-order valence-electron chi connectivity index (χ3n) is 18.4. The van der Waals surface area contributed by atoms with E-state index in [2.05, 4.69) is 97.5 Å². The number of nitrogens with zero attached hydrogens (tertiary/aromatic N) is 15. The first kappa shape index (κ1) is 86.7. The van der Waals surface area contributed by atoms with Crippen molar-refractivity contribution in [3.63, 3.8) is 0 Å². The third-order valence-corrected chi connectivity index (χ3v) is 18.4. The zero-order valence-electron chi connectivity index (χ0n) is 67.5. The monoisotopic (exact) mass is 1640 g/mol. The van der Waals surface area contributed by atoms with Gasteiger partial charge in [-0.3, -0.25) is 43.2 Å². The Morgan fingerprint density at radius 2 is 1.00 bits per heavy atom. The highest BCUT2D eigenvalue weighted by Gasteiger charge is 2.25. The number of aromatic nitrogens is 15. The molecule has 11 N–H and O–H groups in total. The minimum absolute atomic E-state index is 0.0136. The molecule has 10 aromatic rings. The maximum absolute atomic E-state index is 13.4. The molecular weight excluding hydrogens is 1550 g/mol. The lowest BCUT2D eigenvalue weighted by molar-refractivity contribution is -0.116. The van der Waals surface area contributed by atoms with Gasteiger partial charge in [0.25, 0.3) is 35.4 Å². The number of carbonyl (C=O) groups excluding carboxylic acids is 9. The van der Waals surface area contributed by atoms with E-state index in [0.717, 1.165) is 42.7 Å². The van der Waals surface area contributed by atoms with Crippen LogP contribution in [0.5, 0.6) is 11.8 Å². The number of benzene rings is 1. The number of rotatable bonds is 46. The smallest absolute Gasteiger partial charge is 0.322 e. The second-order valence-corrected chi connectivity index (χ2v) is 27.9. The van der Waals surface area contributed by atoms with Gasteiger partial charge in [-0.05, 0) is 67.3 Å². The molecule has 42 heteroatoms. The highest BCUT2D eigenvalue weighted by Crippen LogP contribution is 2.27. The maximum atomic E-state index is 13.4. The van der Waals surface area contributed by atoms with Crippen LogP contribution in [0.25, 0.3) is 11.3 Å². The number of nitrogens with one attached hydrogen (secondary N) is 11. The fraction of sp³-hybridized carbons (Fsp3) is 0.429. The molecule has 0 bridgehead atoms. The molecule has 0 radical (unpaired) electrons. The van der Waals surface area contributed by atoms with Crippen molar-refractivity contribution < 1.29 is 76.3 Å². The number of aryl methyl sites for hydroxylation is 6. The van der Waals surface area contributed by atoms with Gasteiger partial charge in [-0.1, -0.05) is 19.9 Å². The van der Waals surface area contributed by atoms with Crippen LogP contribution in [0, 0.1) is 0 Å². The Bertz CT molecular complexity index is 5140. The molecule has 0 spiro atoms. The summed E-state index contributed by atoms with van der Waals surface area (Å²) in [4.78, 5) is 139. The third kappa shape index (κ3) is 24.9. The van der Waals surface area contributed by atoms with Crippen LogP contribution in [0.1, 0.15) is 126 Å². The second kappa shape index (κ2) is 42.6. The van der Waals surface area contributed by atoms with Crippen molar-refractivity contribution in [2.75, 3.05) is 144 Å². The lowest BCUT2D eigenvalue weighted by atomic mass is 10.1. The highest BCUT2D eigenvalue weighted by atomic mass is 16.6. The number of amides is 9. The summed E-state index contributed by atoms with van der Waals surface area (Å²) in [6, 6.07) is 14.3. The summed E-state index contributed by atoms with van der Waals surface area (Å²) in [6.07, 6.45) is 16.2. The molecule has 9 amide bonds. The number of anilines is 6. The predicted molar refractivity (Wildman–Crippen MR) is 433 cm³/mol. The van der Waals surface area contributed by atoms with E-state index in [1.807, 2.05) is 36.7 Å². The van der Waals surface area contributed by atoms with E-state index in [9.17, 15) is 43.2 Å². The zero-order valence-corrected chi connectivity index (χ0v) is 67.5. The van der Waals surface area contributed by atoms with Gasteiger partial charge in [0.05, 0.1) is 89.3 Å². The maximum Gasteiger partial charge on any atom is 0.322 e. The van der Waals surface area contributed by atoms with Gasteiger partial charge in [0.1, 0.15) is 35.5 Å². The molecule has 1 aliphatic heterocycles. The van der Waals surface area contributed by atoms with Crippen LogP contribution in [0.4, 0.5) is 34.8 Å². The average molecular weight is 1650 g/mol. The molecule has 119 heavy (non-hydrogen) atoms. The standard InChI is InChI=1S/C77H100N26O16/c1-49(2)55-43-85-103-66(55)94-77(119-54-12-9-19-78-42-54)95-76(103)83-41-50-14-15-53(40-57(50)102-26-11-20-84-102)118-37-36-117-35-34-116-33-32-115-31-30-114-29-28-113-27-24-82-73(110)67-91-60(46-99(67)6)88-64(105)17-22-80-71(108)58-38-51(44-97(58)4)87-75(112)69-93-62(48-101(69)8)90-65(106)18-23-81-72(109)59-39-52(45-98(59)5)86-74(111)68-92-61(47-100(68)7)89-63(104)16-21-79-70(107)56-13-10-25-96(56)3/h10-11,13-15,20,25-26,38-40,43-49,54,78H,9,12,16-19,21-24,27-37,41-42H2,1-8H3,(H,79,107)(H,80,108)(H,81,109)(H,82,110)(H,86,111)(H,87,112)(H,88,105)(H,89,104)(H,90,106)(H,83,94,95). The van der Waals surface area contributed by atoms with Crippen molar-refractivity contribution in [3.05, 3.63) is 150 Å². The van der Waals surface area contributed by atoms with Gasteiger partial charge < -0.3 is 119 Å². The van der Waals surface area contributed by atoms with Crippen LogP contribution in [0.3, 0.4) is 0 Å². The number of piperidine rings is 1. The summed E-state index contributed by atoms with van der Waals surface area (Å²) in [5, 5.41) is 40.0. The Balaban J connectivity index is 0.490. The fourth-order valence-electron chi connectivity index (χ4n) is 12.4. The first-order valence-electron chi connectivity index (χ1n) is 38.7. The van der Waals surface area contributed by atoms with E-state index >= 15 is 0 Å². The number of imidazole rings is 3. The first-order chi connectivity index (χ1) is 57.5. The average Bonchev–Trinajstić information content (AvgIpc) is 1.68. The van der Waals surface area contributed by atoms with Crippen LogP contribution >= 0.6 is 0 Å². The van der Waals surface area contributed by atoms with Gasteiger partial charge in [0.2, 0.25) is 41.1 Å². The molecule has 1 aliphatic rings. The van der Waals surface area contributed by atoms with Crippen LogP contribution < -0.4 is 68.0 Å². The van der Waals surface area contributed by atoms with Crippen LogP contribution in [0.2, 0.25) is 0 Å². The molecule has 10 heterocycles. The molecule has 42 nitrogen and oxygen atoms in total. The molecule has 1 saturated heterocycles. The molecule has 1 unspecified atom stereocenters. The van der Waals surface area contributed by atoms with Crippen molar-refractivity contribution in [1.29, 1.82) is 0 Å². The van der Waals surface area contributed by atoms with E-state index in [0.29, 0.717) is 102 Å². The number of ether oxygens (including phenoxy) is 7. The Labute approximate surface area is 683 Å². The van der Waals surface area contributed by atoms with Crippen molar-refractivity contribution in [3.8, 4) is 17.4 Å². The topological polar surface area (TPSA) is 480 Å². The molecule has 1 aromatic carbocycles. The number of fused-ring (bicyclic) bond motifs is 1. The van der Waals surface area contributed by atoms with Crippen molar-refractivity contribution in [1.82, 2.24) is 98.3 Å². The second-order valence-electron chi connectivity index (χ2n) is 27.9. The number of hydrogen-bond donors (Lipinski definition) is 11. The van der Waals surface area contributed by atoms with Crippen LogP contribution in [-0.2, 0) is 86.9 Å². The van der Waals surface area contributed by atoms with Crippen molar-refractivity contribution in [2.24, 2.45) is 42.3 Å². The summed E-state index contributed by atoms with van der Waals surface area (Å²) in [5.74, 6) is -2.96. The summed E-state index contributed by atoms with van der Waals surface area (Å²) in [5.41, 5.74) is 4.80. The molecule has 634 valence electrons. The van der Waals surface area contributed by atoms with E-state index in [1.54, 1.807) is 80.6 Å². The summed E-state index contributed by atoms with van der Waals surface area (Å²) in [6.45, 7) is 10.2. The Morgan fingerprint density at radius 1 is 0.496 bits per heavy atom. The molecular formula is C77H100N26O16. The van der Waals surface area contributed by atoms with Gasteiger partial charge in [0.15, 0.2) is 23.1 Å². The molecule has 1 atom stereocenters. The van der Waals surface area contributed by atoms with E-state index in [4.69, 9.17) is 43.1 Å². The van der Waals surface area contributed by atoms with Crippen LogP contribution in [0.15, 0.2) is 104 Å². The van der Waals surface area contributed by atoms with Crippen LogP contribution in [-0.4, -0.2) is 243 Å². The van der Waals surface area contributed by atoms with Crippen molar-refractivity contribution >= 4 is 93.6 Å². The lowest BCUT2D eigenvalue weighted by Gasteiger charge is -2.23. The van der Waals surface area contributed by atoms with Gasteiger partial charge in [-0.25, -0.2) is 19.6 Å². The summed E-state index contributed by atoms with van der Waals surface area (Å²) >= 11 is 0. The molecule has 0 aliphatic carbocycles. The van der Waals surface area contributed by atoms with Gasteiger partial charge in [-0.2, -0.15) is 24.7 Å². The Kier molecular flexibility index (Phi) is 31.1. The first-order valence-corrected chi connectivity index (χ1v) is 38.7. The molecule has 0 saturated carbocycles. The van der Waals surface area contributed by atoms with E-state index < -0.39 is 47.3 Å². The quantitative estimate of drug-likeness (QED) is 0.0244. The summed E-state index contributed by atoms with van der Waals surface area (Å²) in [7, 11) is 9.65. The Morgan fingerprint density at radius 3 is 1.49 bits per heavy atom. The highest BCUT2D eigenvalue weighted by molar-refractivity contribution is 6.05. The minimum Gasteiger partial charge on any atom is -0.491 e. The normalized spacial score (nSPS) is 12.6. The molecule has 11 rings (SSSR count). The molecule has 1 fully saturated rings. The van der Waals surface area contributed by atoms with Gasteiger partial charge in [0, 0.05) is 162 Å². The number of hydrogen-bond acceptors (Lipinski definition) is 25. The van der Waals surface area contributed by atoms with E-state index in [1.165, 1.54) is 66.0 Å². The zero-order chi connectivity index (χ0) is 84.3. The SMILES string of the molecule is CC(C)c1cnn2c(NCc3ccc(OCCOCCOCCOCCOCCOCCNC(=O)c4nc(NC(=O)CCNC(=O)c5cc(NC(=O)c6nc(NC(=O)CCNC(=O)c7cc(NC(=O)c8nc(NC(=O)CCNC(=O)c9cccn9C)cn8C)cn7C)cn6C)cn5C)cn4C)cc3-n3cccn3)nc(OC3CCCNC3)nc12. The fourth-order valence-corrected chi connectivity index (χ4v) is 12.4. The minimum atomic E-state index is -0.654.